The maximum atomic E-state index is 10.4. The number of aryl methyl sites for hydroxylation is 1. The first-order chi connectivity index (χ1) is 12.8. The lowest BCUT2D eigenvalue weighted by atomic mass is 10.0. The Labute approximate surface area is 159 Å². The molecule has 0 saturated heterocycles. The van der Waals surface area contributed by atoms with E-state index in [2.05, 4.69) is 31.2 Å². The van der Waals surface area contributed by atoms with Crippen LogP contribution < -0.4 is 4.74 Å². The van der Waals surface area contributed by atoms with Crippen LogP contribution in [0.15, 0.2) is 54.6 Å². The van der Waals surface area contributed by atoms with Crippen LogP contribution in [0.2, 0.25) is 0 Å². The molecule has 0 heterocycles. The van der Waals surface area contributed by atoms with Crippen molar-refractivity contribution in [3.8, 4) is 5.75 Å². The van der Waals surface area contributed by atoms with E-state index in [1.807, 2.05) is 30.3 Å². The van der Waals surface area contributed by atoms with Crippen molar-refractivity contribution in [2.75, 3.05) is 6.61 Å². The van der Waals surface area contributed by atoms with Gasteiger partial charge in [0, 0.05) is 0 Å². The van der Waals surface area contributed by atoms with Gasteiger partial charge in [0.2, 0.25) is 0 Å². The van der Waals surface area contributed by atoms with Gasteiger partial charge in [0.05, 0.1) is 12.7 Å². The molecule has 0 fully saturated rings. The van der Waals surface area contributed by atoms with Crippen LogP contribution in [0.4, 0.5) is 0 Å². The number of aliphatic hydroxyl groups is 1. The van der Waals surface area contributed by atoms with Gasteiger partial charge >= 0.3 is 0 Å². The molecule has 142 valence electrons. The highest BCUT2D eigenvalue weighted by atomic mass is 16.5. The van der Waals surface area contributed by atoms with Crippen molar-refractivity contribution < 1.29 is 9.84 Å². The second-order valence-electron chi connectivity index (χ2n) is 7.08. The third kappa shape index (κ3) is 8.05. The highest BCUT2D eigenvalue weighted by Crippen LogP contribution is 2.22. The minimum absolute atomic E-state index is 0.397. The molecule has 2 nitrogen and oxygen atoms in total. The van der Waals surface area contributed by atoms with Gasteiger partial charge in [-0.1, -0.05) is 81.5 Å². The van der Waals surface area contributed by atoms with Crippen molar-refractivity contribution in [2.24, 2.45) is 0 Å². The highest BCUT2D eigenvalue weighted by Gasteiger charge is 2.07. The van der Waals surface area contributed by atoms with E-state index in [-0.39, 0.29) is 0 Å². The molecule has 0 amide bonds. The first-order valence-corrected chi connectivity index (χ1v) is 10.2. The molecule has 0 bridgehead atoms. The molecule has 0 radical (unpaired) electrons. The van der Waals surface area contributed by atoms with Crippen molar-refractivity contribution in [2.45, 2.75) is 70.8 Å². The van der Waals surface area contributed by atoms with E-state index in [0.717, 1.165) is 43.6 Å². The molecular formula is C24H34O2. The van der Waals surface area contributed by atoms with Crippen LogP contribution in [-0.4, -0.2) is 11.7 Å². The average molecular weight is 355 g/mol. The van der Waals surface area contributed by atoms with Crippen molar-refractivity contribution in [3.63, 3.8) is 0 Å². The van der Waals surface area contributed by atoms with E-state index in [4.69, 9.17) is 4.74 Å². The first kappa shape index (κ1) is 20.5. The topological polar surface area (TPSA) is 29.5 Å². The van der Waals surface area contributed by atoms with E-state index < -0.39 is 6.10 Å². The summed E-state index contributed by atoms with van der Waals surface area (Å²) in [6, 6.07) is 18.4. The molecule has 26 heavy (non-hydrogen) atoms. The van der Waals surface area contributed by atoms with Crippen LogP contribution in [0, 0.1) is 0 Å². The largest absolute Gasteiger partial charge is 0.494 e. The molecule has 1 N–H and O–H groups in total. The number of benzene rings is 2. The molecule has 0 aliphatic rings. The van der Waals surface area contributed by atoms with Crippen LogP contribution in [0.1, 0.15) is 75.5 Å². The van der Waals surface area contributed by atoms with Gasteiger partial charge in [-0.15, -0.1) is 0 Å². The molecule has 0 spiro atoms. The molecule has 0 aliphatic carbocycles. The van der Waals surface area contributed by atoms with Gasteiger partial charge in [-0.2, -0.15) is 0 Å². The predicted molar refractivity (Wildman–Crippen MR) is 110 cm³/mol. The lowest BCUT2D eigenvalue weighted by Gasteiger charge is -2.12. The van der Waals surface area contributed by atoms with Crippen molar-refractivity contribution in [1.29, 1.82) is 0 Å². The SMILES string of the molecule is CCCCCCCCOc1ccc(C(O)CCCc2ccccc2)cc1. The van der Waals surface area contributed by atoms with Crippen LogP contribution in [-0.2, 0) is 6.42 Å². The van der Waals surface area contributed by atoms with E-state index in [0.29, 0.717) is 0 Å². The molecule has 1 unspecified atom stereocenters. The molecular weight excluding hydrogens is 320 g/mol. The Hall–Kier alpha value is -1.80. The van der Waals surface area contributed by atoms with E-state index in [1.54, 1.807) is 0 Å². The van der Waals surface area contributed by atoms with Gasteiger partial charge < -0.3 is 9.84 Å². The van der Waals surface area contributed by atoms with Gasteiger partial charge in [0.25, 0.3) is 0 Å². The molecule has 0 aromatic heterocycles. The lowest BCUT2D eigenvalue weighted by molar-refractivity contribution is 0.164. The van der Waals surface area contributed by atoms with Crippen LogP contribution in [0.5, 0.6) is 5.75 Å². The Balaban J connectivity index is 1.62. The maximum absolute atomic E-state index is 10.4. The zero-order valence-electron chi connectivity index (χ0n) is 16.2. The fourth-order valence-corrected chi connectivity index (χ4v) is 3.17. The summed E-state index contributed by atoms with van der Waals surface area (Å²) in [5.41, 5.74) is 2.31. The van der Waals surface area contributed by atoms with Crippen molar-refractivity contribution in [3.05, 3.63) is 65.7 Å². The molecule has 2 aromatic rings. The molecule has 2 heteroatoms. The smallest absolute Gasteiger partial charge is 0.119 e. The Kier molecular flexibility index (Phi) is 9.89. The number of hydrogen-bond donors (Lipinski definition) is 1. The molecule has 0 saturated carbocycles. The zero-order chi connectivity index (χ0) is 18.5. The lowest BCUT2D eigenvalue weighted by Crippen LogP contribution is -2.00. The minimum atomic E-state index is -0.397. The number of rotatable bonds is 13. The normalized spacial score (nSPS) is 12.1. The number of hydrogen-bond acceptors (Lipinski definition) is 2. The summed E-state index contributed by atoms with van der Waals surface area (Å²) in [6.07, 6.45) is 10.0. The Morgan fingerprint density at radius 2 is 1.50 bits per heavy atom. The van der Waals surface area contributed by atoms with Gasteiger partial charge in [-0.3, -0.25) is 0 Å². The van der Waals surface area contributed by atoms with Gasteiger partial charge in [-0.05, 0) is 48.9 Å². The van der Waals surface area contributed by atoms with E-state index >= 15 is 0 Å². The maximum Gasteiger partial charge on any atom is 0.119 e. The summed E-state index contributed by atoms with van der Waals surface area (Å²) in [6.45, 7) is 3.03. The molecule has 0 aliphatic heterocycles. The third-order valence-electron chi connectivity index (χ3n) is 4.82. The number of unbranched alkanes of at least 4 members (excludes halogenated alkanes) is 5. The van der Waals surface area contributed by atoms with Gasteiger partial charge in [-0.25, -0.2) is 0 Å². The fourth-order valence-electron chi connectivity index (χ4n) is 3.17. The second kappa shape index (κ2) is 12.5. The van der Waals surface area contributed by atoms with Crippen LogP contribution in [0.3, 0.4) is 0 Å². The summed E-state index contributed by atoms with van der Waals surface area (Å²) >= 11 is 0. The van der Waals surface area contributed by atoms with Gasteiger partial charge in [0.1, 0.15) is 5.75 Å². The summed E-state index contributed by atoms with van der Waals surface area (Å²) in [7, 11) is 0. The monoisotopic (exact) mass is 354 g/mol. The van der Waals surface area contributed by atoms with E-state index in [9.17, 15) is 5.11 Å². The third-order valence-corrected chi connectivity index (χ3v) is 4.82. The van der Waals surface area contributed by atoms with Crippen LogP contribution >= 0.6 is 0 Å². The quantitative estimate of drug-likeness (QED) is 0.417. The molecule has 2 aromatic carbocycles. The van der Waals surface area contributed by atoms with Gasteiger partial charge in [0.15, 0.2) is 0 Å². The highest BCUT2D eigenvalue weighted by molar-refractivity contribution is 5.28. The predicted octanol–water partition coefficient (Wildman–Crippen LogP) is 6.48. The number of ether oxygens (including phenoxy) is 1. The summed E-state index contributed by atoms with van der Waals surface area (Å²) in [4.78, 5) is 0. The van der Waals surface area contributed by atoms with E-state index in [1.165, 1.54) is 37.7 Å². The summed E-state index contributed by atoms with van der Waals surface area (Å²) in [5.74, 6) is 0.902. The van der Waals surface area contributed by atoms with Crippen molar-refractivity contribution >= 4 is 0 Å². The first-order valence-electron chi connectivity index (χ1n) is 10.2. The van der Waals surface area contributed by atoms with Crippen molar-refractivity contribution in [1.82, 2.24) is 0 Å². The summed E-state index contributed by atoms with van der Waals surface area (Å²) < 4.78 is 5.80. The number of aliphatic hydroxyl groups excluding tert-OH is 1. The Morgan fingerprint density at radius 1 is 0.808 bits per heavy atom. The zero-order valence-corrected chi connectivity index (χ0v) is 16.2. The molecule has 1 atom stereocenters. The Morgan fingerprint density at radius 3 is 2.23 bits per heavy atom. The minimum Gasteiger partial charge on any atom is -0.494 e. The second-order valence-corrected chi connectivity index (χ2v) is 7.08. The fraction of sp³-hybridized carbons (Fsp3) is 0.500. The molecule has 2 rings (SSSR count). The Bertz CT molecular complexity index is 577. The summed E-state index contributed by atoms with van der Waals surface area (Å²) in [5, 5.41) is 10.4. The average Bonchev–Trinajstić information content (AvgIpc) is 2.68. The van der Waals surface area contributed by atoms with Crippen LogP contribution in [0.25, 0.3) is 0 Å². The standard InChI is InChI=1S/C24H34O2/c1-2-3-4-5-6-10-20-26-23-18-16-22(17-19-23)24(25)15-11-14-21-12-8-7-9-13-21/h7-9,12-13,16-19,24-25H,2-6,10-11,14-15,20H2,1H3.